The Labute approximate surface area is 104 Å². The van der Waals surface area contributed by atoms with Gasteiger partial charge >= 0.3 is 0 Å². The van der Waals surface area contributed by atoms with Crippen molar-refractivity contribution in [3.05, 3.63) is 53.5 Å². The van der Waals surface area contributed by atoms with E-state index in [-0.39, 0.29) is 5.56 Å². The highest BCUT2D eigenvalue weighted by atomic mass is 19.1. The van der Waals surface area contributed by atoms with Gasteiger partial charge in [0.15, 0.2) is 0 Å². The predicted molar refractivity (Wildman–Crippen MR) is 67.7 cm³/mol. The molecule has 0 aliphatic rings. The first-order valence-electron chi connectivity index (χ1n) is 5.35. The molecule has 1 amide bonds. The molecule has 5 heteroatoms. The molecule has 0 saturated heterocycles. The lowest BCUT2D eigenvalue weighted by Gasteiger charge is -2.05. The van der Waals surface area contributed by atoms with Gasteiger partial charge in [0, 0.05) is 5.56 Å². The monoisotopic (exact) mass is 245 g/mol. The molecule has 92 valence electrons. The summed E-state index contributed by atoms with van der Waals surface area (Å²) in [4.78, 5) is 15.7. The fourth-order valence-electron chi connectivity index (χ4n) is 1.40. The van der Waals surface area contributed by atoms with Crippen LogP contribution in [0.25, 0.3) is 0 Å². The van der Waals surface area contributed by atoms with Crippen molar-refractivity contribution in [1.29, 1.82) is 0 Å². The molecule has 4 nitrogen and oxygen atoms in total. The highest BCUT2D eigenvalue weighted by Gasteiger charge is 2.08. The quantitative estimate of drug-likeness (QED) is 0.853. The van der Waals surface area contributed by atoms with Gasteiger partial charge in [0.2, 0.25) is 0 Å². The summed E-state index contributed by atoms with van der Waals surface area (Å²) in [6, 6.07) is 7.52. The van der Waals surface area contributed by atoms with E-state index in [9.17, 15) is 9.18 Å². The number of hydrogen-bond acceptors (Lipinski definition) is 3. The molecule has 18 heavy (non-hydrogen) atoms. The molecule has 1 aromatic heterocycles. The lowest BCUT2D eigenvalue weighted by atomic mass is 10.1. The molecule has 2 aromatic rings. The zero-order valence-electron chi connectivity index (χ0n) is 9.77. The largest absolute Gasteiger partial charge is 0.397 e. The van der Waals surface area contributed by atoms with Gasteiger partial charge in [-0.25, -0.2) is 9.37 Å². The summed E-state index contributed by atoms with van der Waals surface area (Å²) in [6.45, 7) is 1.64. The third kappa shape index (κ3) is 2.63. The number of amides is 1. The van der Waals surface area contributed by atoms with E-state index in [0.29, 0.717) is 17.1 Å². The molecule has 0 atom stereocenters. The number of nitrogens with two attached hydrogens (primary N) is 1. The van der Waals surface area contributed by atoms with Gasteiger partial charge in [0.1, 0.15) is 11.6 Å². The number of nitrogen functional groups attached to an aromatic ring is 1. The van der Waals surface area contributed by atoms with Gasteiger partial charge in [-0.15, -0.1) is 0 Å². The third-order valence-electron chi connectivity index (χ3n) is 2.46. The van der Waals surface area contributed by atoms with Crippen LogP contribution in [0.2, 0.25) is 0 Å². The van der Waals surface area contributed by atoms with Crippen LogP contribution in [0.1, 0.15) is 15.9 Å². The van der Waals surface area contributed by atoms with E-state index in [1.165, 1.54) is 12.3 Å². The number of carbonyl (C=O) groups is 1. The number of rotatable bonds is 2. The van der Waals surface area contributed by atoms with Gasteiger partial charge in [0.25, 0.3) is 5.91 Å². The molecule has 0 saturated carbocycles. The number of pyridine rings is 1. The second-order valence-electron chi connectivity index (χ2n) is 3.89. The molecule has 0 radical (unpaired) electrons. The van der Waals surface area contributed by atoms with Gasteiger partial charge < -0.3 is 11.1 Å². The molecular weight excluding hydrogens is 233 g/mol. The number of anilines is 2. The van der Waals surface area contributed by atoms with Gasteiger partial charge in [-0.3, -0.25) is 4.79 Å². The number of hydrogen-bond donors (Lipinski definition) is 2. The van der Waals surface area contributed by atoms with E-state index in [0.717, 1.165) is 0 Å². The summed E-state index contributed by atoms with van der Waals surface area (Å²) in [5.41, 5.74) is 6.73. The van der Waals surface area contributed by atoms with E-state index in [2.05, 4.69) is 10.3 Å². The number of aromatic nitrogens is 1. The first kappa shape index (κ1) is 12.0. The minimum absolute atomic E-state index is 0.247. The van der Waals surface area contributed by atoms with Crippen LogP contribution >= 0.6 is 0 Å². The Morgan fingerprint density at radius 3 is 2.72 bits per heavy atom. The molecule has 0 aliphatic heterocycles. The van der Waals surface area contributed by atoms with E-state index in [1.54, 1.807) is 31.2 Å². The number of aryl methyl sites for hydroxylation is 1. The lowest BCUT2D eigenvalue weighted by molar-refractivity contribution is 0.102. The topological polar surface area (TPSA) is 68.0 Å². The highest BCUT2D eigenvalue weighted by Crippen LogP contribution is 2.12. The zero-order chi connectivity index (χ0) is 13.1. The summed E-state index contributed by atoms with van der Waals surface area (Å²) in [6.07, 6.45) is 1.44. The number of carbonyl (C=O) groups excluding carboxylic acids is 1. The molecule has 0 fully saturated rings. The van der Waals surface area contributed by atoms with Crippen molar-refractivity contribution >= 4 is 17.4 Å². The van der Waals surface area contributed by atoms with Crippen molar-refractivity contribution in [2.75, 3.05) is 11.1 Å². The number of halogens is 1. The second-order valence-corrected chi connectivity index (χ2v) is 3.89. The summed E-state index contributed by atoms with van der Waals surface area (Å²) in [5.74, 6) is -0.450. The van der Waals surface area contributed by atoms with Crippen molar-refractivity contribution in [2.24, 2.45) is 0 Å². The Morgan fingerprint density at radius 2 is 2.11 bits per heavy atom. The smallest absolute Gasteiger partial charge is 0.256 e. The highest BCUT2D eigenvalue weighted by molar-refractivity contribution is 6.03. The number of nitrogens with zero attached hydrogens (tertiary/aromatic N) is 1. The number of benzene rings is 1. The average molecular weight is 245 g/mol. The van der Waals surface area contributed by atoms with Crippen molar-refractivity contribution in [2.45, 2.75) is 6.92 Å². The zero-order valence-corrected chi connectivity index (χ0v) is 9.77. The summed E-state index contributed by atoms with van der Waals surface area (Å²) >= 11 is 0. The first-order chi connectivity index (χ1) is 8.56. The van der Waals surface area contributed by atoms with Crippen LogP contribution in [0, 0.1) is 12.7 Å². The maximum Gasteiger partial charge on any atom is 0.256 e. The molecule has 3 N–H and O–H groups in total. The third-order valence-corrected chi connectivity index (χ3v) is 2.46. The van der Waals surface area contributed by atoms with Crippen molar-refractivity contribution < 1.29 is 9.18 Å². The number of nitrogens with one attached hydrogen (secondary N) is 1. The summed E-state index contributed by atoms with van der Waals surface area (Å²) in [7, 11) is 0. The maximum atomic E-state index is 13.3. The Bertz CT molecular complexity index is 581. The van der Waals surface area contributed by atoms with Crippen LogP contribution in [0.4, 0.5) is 15.9 Å². The van der Waals surface area contributed by atoms with E-state index in [1.807, 2.05) is 0 Å². The van der Waals surface area contributed by atoms with E-state index < -0.39 is 11.7 Å². The predicted octanol–water partition coefficient (Wildman–Crippen LogP) is 2.36. The van der Waals surface area contributed by atoms with E-state index in [4.69, 9.17) is 5.73 Å². The van der Waals surface area contributed by atoms with Crippen molar-refractivity contribution in [3.8, 4) is 0 Å². The van der Waals surface area contributed by atoms with Crippen LogP contribution in [0.3, 0.4) is 0 Å². The molecule has 0 unspecified atom stereocenters. The average Bonchev–Trinajstić information content (AvgIpc) is 2.35. The lowest BCUT2D eigenvalue weighted by Crippen LogP contribution is -2.13. The second kappa shape index (κ2) is 4.83. The van der Waals surface area contributed by atoms with Crippen molar-refractivity contribution in [1.82, 2.24) is 4.98 Å². The molecule has 0 spiro atoms. The van der Waals surface area contributed by atoms with E-state index >= 15 is 0 Å². The minimum Gasteiger partial charge on any atom is -0.397 e. The van der Waals surface area contributed by atoms with Crippen LogP contribution < -0.4 is 11.1 Å². The normalized spacial score (nSPS) is 10.1. The molecule has 1 aromatic carbocycles. The van der Waals surface area contributed by atoms with Gasteiger partial charge in [-0.2, -0.15) is 0 Å². The summed E-state index contributed by atoms with van der Waals surface area (Å²) < 4.78 is 13.3. The molecule has 0 aliphatic carbocycles. The SMILES string of the molecule is Cc1ccc(C(=O)Nc2ccc(N)cn2)cc1F. The molecular formula is C13H12FN3O. The minimum atomic E-state index is -0.411. The van der Waals surface area contributed by atoms with Gasteiger partial charge in [-0.05, 0) is 36.8 Å². The molecule has 2 rings (SSSR count). The van der Waals surface area contributed by atoms with Crippen LogP contribution in [-0.4, -0.2) is 10.9 Å². The fraction of sp³-hybridized carbons (Fsp3) is 0.0769. The maximum absolute atomic E-state index is 13.3. The Kier molecular flexibility index (Phi) is 3.23. The van der Waals surface area contributed by atoms with Crippen LogP contribution in [-0.2, 0) is 0 Å². The van der Waals surface area contributed by atoms with Crippen LogP contribution in [0.5, 0.6) is 0 Å². The molecule has 0 bridgehead atoms. The Balaban J connectivity index is 2.16. The standard InChI is InChI=1S/C13H12FN3O/c1-8-2-3-9(6-11(8)14)13(18)17-12-5-4-10(15)7-16-12/h2-7H,15H2,1H3,(H,16,17,18). The van der Waals surface area contributed by atoms with Gasteiger partial charge in [0.05, 0.1) is 11.9 Å². The Morgan fingerprint density at radius 1 is 1.33 bits per heavy atom. The molecule has 1 heterocycles. The Hall–Kier alpha value is -2.43. The van der Waals surface area contributed by atoms with Crippen LogP contribution in [0.15, 0.2) is 36.5 Å². The summed E-state index contributed by atoms with van der Waals surface area (Å²) in [5, 5.41) is 2.56. The first-order valence-corrected chi connectivity index (χ1v) is 5.35. The van der Waals surface area contributed by atoms with Gasteiger partial charge in [-0.1, -0.05) is 6.07 Å². The fourth-order valence-corrected chi connectivity index (χ4v) is 1.40. The van der Waals surface area contributed by atoms with Crippen molar-refractivity contribution in [3.63, 3.8) is 0 Å².